The molecule has 0 aromatic heterocycles. The molecule has 1 aliphatic rings. The van der Waals surface area contributed by atoms with Crippen LogP contribution in [0.5, 0.6) is 5.75 Å². The fourth-order valence-corrected chi connectivity index (χ4v) is 2.67. The van der Waals surface area contributed by atoms with Gasteiger partial charge in [-0.05, 0) is 36.4 Å². The van der Waals surface area contributed by atoms with Gasteiger partial charge in [-0.3, -0.25) is 25.0 Å². The molecule has 27 heavy (non-hydrogen) atoms. The van der Waals surface area contributed by atoms with E-state index >= 15 is 0 Å². The van der Waals surface area contributed by atoms with Crippen LogP contribution in [0.3, 0.4) is 0 Å². The molecular formula is C17H10BrN3O6. The summed E-state index contributed by atoms with van der Waals surface area (Å²) < 4.78 is 0.726. The number of carbonyl (C=O) groups excluding carboxylic acids is 3. The zero-order valence-electron chi connectivity index (χ0n) is 13.4. The lowest BCUT2D eigenvalue weighted by Crippen LogP contribution is -2.54. The number of urea groups is 1. The molecule has 0 bridgehead atoms. The molecule has 10 heteroatoms. The highest BCUT2D eigenvalue weighted by atomic mass is 79.9. The quantitative estimate of drug-likeness (QED) is 0.332. The highest BCUT2D eigenvalue weighted by Crippen LogP contribution is 2.28. The number of halogens is 1. The topological polar surface area (TPSA) is 130 Å². The van der Waals surface area contributed by atoms with Gasteiger partial charge >= 0.3 is 6.03 Å². The SMILES string of the molecule is O=C1NC(=O)N(c2ccc(Br)cc2)C(=O)/C1=C/c1cc([N+](=O)[O-])ccc1O. The fraction of sp³-hybridized carbons (Fsp3) is 0. The van der Waals surface area contributed by atoms with Gasteiger partial charge in [-0.2, -0.15) is 0 Å². The van der Waals surface area contributed by atoms with Gasteiger partial charge in [0.15, 0.2) is 0 Å². The predicted octanol–water partition coefficient (Wildman–Crippen LogP) is 2.73. The van der Waals surface area contributed by atoms with E-state index in [1.54, 1.807) is 12.1 Å². The molecule has 2 N–H and O–H groups in total. The maximum Gasteiger partial charge on any atom is 0.335 e. The number of phenols is 1. The summed E-state index contributed by atoms with van der Waals surface area (Å²) in [4.78, 5) is 47.9. The molecule has 2 aromatic carbocycles. The van der Waals surface area contributed by atoms with E-state index < -0.39 is 28.3 Å². The minimum atomic E-state index is -0.968. The molecule has 0 radical (unpaired) electrons. The minimum absolute atomic E-state index is 0.104. The summed E-state index contributed by atoms with van der Waals surface area (Å²) in [5, 5.41) is 22.8. The molecule has 9 nitrogen and oxygen atoms in total. The van der Waals surface area contributed by atoms with Gasteiger partial charge in [0.2, 0.25) is 0 Å². The second kappa shape index (κ2) is 7.00. The highest BCUT2D eigenvalue weighted by Gasteiger charge is 2.37. The summed E-state index contributed by atoms with van der Waals surface area (Å²) in [7, 11) is 0. The molecule has 2 aromatic rings. The first-order chi connectivity index (χ1) is 12.8. The number of hydrogen-bond donors (Lipinski definition) is 2. The van der Waals surface area contributed by atoms with Crippen molar-refractivity contribution >= 4 is 51.2 Å². The largest absolute Gasteiger partial charge is 0.507 e. The van der Waals surface area contributed by atoms with E-state index in [1.807, 2.05) is 5.32 Å². The Hall–Kier alpha value is -3.53. The molecule has 136 valence electrons. The first-order valence-electron chi connectivity index (χ1n) is 7.42. The van der Waals surface area contributed by atoms with E-state index in [0.717, 1.165) is 33.6 Å². The summed E-state index contributed by atoms with van der Waals surface area (Å²) in [6.07, 6.45) is 0.998. The number of non-ortho nitro benzene ring substituents is 1. The van der Waals surface area contributed by atoms with Gasteiger partial charge in [-0.1, -0.05) is 15.9 Å². The number of barbiturate groups is 1. The molecule has 1 fully saturated rings. The molecule has 0 aliphatic carbocycles. The Labute approximate surface area is 160 Å². The Morgan fingerprint density at radius 3 is 2.41 bits per heavy atom. The number of benzene rings is 2. The van der Waals surface area contributed by atoms with E-state index in [2.05, 4.69) is 15.9 Å². The van der Waals surface area contributed by atoms with Crippen molar-refractivity contribution in [3.8, 4) is 5.75 Å². The van der Waals surface area contributed by atoms with E-state index in [-0.39, 0.29) is 22.7 Å². The van der Waals surface area contributed by atoms with Gasteiger partial charge in [0.25, 0.3) is 17.5 Å². The number of hydrogen-bond acceptors (Lipinski definition) is 6. The first-order valence-corrected chi connectivity index (χ1v) is 8.21. The van der Waals surface area contributed by atoms with Crippen LogP contribution >= 0.6 is 15.9 Å². The number of nitro benzene ring substituents is 1. The second-order valence-corrected chi connectivity index (χ2v) is 6.35. The number of aromatic hydroxyl groups is 1. The van der Waals surface area contributed by atoms with Gasteiger partial charge in [0.1, 0.15) is 11.3 Å². The maximum atomic E-state index is 12.7. The van der Waals surface area contributed by atoms with Crippen molar-refractivity contribution < 1.29 is 24.4 Å². The van der Waals surface area contributed by atoms with Gasteiger partial charge in [-0.25, -0.2) is 9.69 Å². The minimum Gasteiger partial charge on any atom is -0.507 e. The molecule has 4 amide bonds. The number of nitro groups is 1. The molecular weight excluding hydrogens is 422 g/mol. The van der Waals surface area contributed by atoms with Crippen molar-refractivity contribution in [1.29, 1.82) is 0 Å². The summed E-state index contributed by atoms with van der Waals surface area (Å²) in [5.41, 5.74) is -0.660. The second-order valence-electron chi connectivity index (χ2n) is 5.43. The van der Waals surface area contributed by atoms with Crippen LogP contribution in [0.2, 0.25) is 0 Å². The number of anilines is 1. The zero-order chi connectivity index (χ0) is 19.7. The molecule has 1 heterocycles. The summed E-state index contributed by atoms with van der Waals surface area (Å²) >= 11 is 3.24. The van der Waals surface area contributed by atoms with Crippen molar-refractivity contribution in [1.82, 2.24) is 5.32 Å². The van der Waals surface area contributed by atoms with Gasteiger partial charge in [0, 0.05) is 22.2 Å². The zero-order valence-corrected chi connectivity index (χ0v) is 15.0. The monoisotopic (exact) mass is 431 g/mol. The third-order valence-corrected chi connectivity index (χ3v) is 4.24. The fourth-order valence-electron chi connectivity index (χ4n) is 2.41. The van der Waals surface area contributed by atoms with Crippen LogP contribution < -0.4 is 10.2 Å². The third kappa shape index (κ3) is 3.55. The summed E-state index contributed by atoms with van der Waals surface area (Å²) in [6, 6.07) is 8.48. The van der Waals surface area contributed by atoms with Gasteiger partial charge in [-0.15, -0.1) is 0 Å². The average Bonchev–Trinajstić information content (AvgIpc) is 2.61. The number of nitrogens with zero attached hydrogens (tertiary/aromatic N) is 2. The van der Waals surface area contributed by atoms with E-state index in [1.165, 1.54) is 12.1 Å². The first kappa shape index (κ1) is 18.3. The Bertz CT molecular complexity index is 1020. The predicted molar refractivity (Wildman–Crippen MR) is 97.9 cm³/mol. The number of carbonyl (C=O) groups is 3. The van der Waals surface area contributed by atoms with Gasteiger partial charge < -0.3 is 5.11 Å². The average molecular weight is 432 g/mol. The molecule has 1 aliphatic heterocycles. The molecule has 0 spiro atoms. The van der Waals surface area contributed by atoms with E-state index in [4.69, 9.17) is 0 Å². The Morgan fingerprint density at radius 1 is 1.11 bits per heavy atom. The van der Waals surface area contributed by atoms with E-state index in [9.17, 15) is 29.6 Å². The van der Waals surface area contributed by atoms with Crippen molar-refractivity contribution in [3.05, 3.63) is 68.2 Å². The van der Waals surface area contributed by atoms with Crippen molar-refractivity contribution in [3.63, 3.8) is 0 Å². The van der Waals surface area contributed by atoms with E-state index in [0.29, 0.717) is 0 Å². The molecule has 1 saturated heterocycles. The molecule has 0 saturated carbocycles. The Balaban J connectivity index is 2.06. The Morgan fingerprint density at radius 2 is 1.78 bits per heavy atom. The van der Waals surface area contributed by atoms with Crippen molar-refractivity contribution in [2.75, 3.05) is 4.90 Å². The standard InChI is InChI=1S/C17H10BrN3O6/c18-10-1-3-11(4-2-10)20-16(24)13(15(23)19-17(20)25)8-9-7-12(21(26)27)5-6-14(9)22/h1-8,22H,(H,19,23,25)/b13-8+. The third-order valence-electron chi connectivity index (χ3n) is 3.71. The highest BCUT2D eigenvalue weighted by molar-refractivity contribution is 9.10. The summed E-state index contributed by atoms with van der Waals surface area (Å²) in [6.45, 7) is 0. The smallest absolute Gasteiger partial charge is 0.335 e. The molecule has 3 rings (SSSR count). The molecule has 0 unspecified atom stereocenters. The lowest BCUT2D eigenvalue weighted by molar-refractivity contribution is -0.384. The normalized spacial score (nSPS) is 15.8. The van der Waals surface area contributed by atoms with Crippen LogP contribution in [0.1, 0.15) is 5.56 Å². The maximum absolute atomic E-state index is 12.7. The van der Waals surface area contributed by atoms with Gasteiger partial charge in [0.05, 0.1) is 10.6 Å². The van der Waals surface area contributed by atoms with Crippen molar-refractivity contribution in [2.45, 2.75) is 0 Å². The van der Waals surface area contributed by atoms with Crippen molar-refractivity contribution in [2.24, 2.45) is 0 Å². The number of amides is 4. The van der Waals surface area contributed by atoms with Crippen LogP contribution in [0, 0.1) is 10.1 Å². The number of rotatable bonds is 3. The van der Waals surface area contributed by atoms with Crippen LogP contribution in [0.25, 0.3) is 6.08 Å². The molecule has 0 atom stereocenters. The van der Waals surface area contributed by atoms with Crippen LogP contribution in [0.15, 0.2) is 52.5 Å². The summed E-state index contributed by atoms with van der Waals surface area (Å²) in [5.74, 6) is -2.25. The Kier molecular flexibility index (Phi) is 4.74. The number of phenolic OH excluding ortho intramolecular Hbond substituents is 1. The number of imide groups is 2. The number of nitrogens with one attached hydrogen (secondary N) is 1. The lowest BCUT2D eigenvalue weighted by Gasteiger charge is -2.26. The van der Waals surface area contributed by atoms with Crippen LogP contribution in [-0.4, -0.2) is 27.9 Å². The van der Waals surface area contributed by atoms with Crippen LogP contribution in [-0.2, 0) is 9.59 Å². The van der Waals surface area contributed by atoms with Crippen LogP contribution in [0.4, 0.5) is 16.2 Å². The lowest BCUT2D eigenvalue weighted by atomic mass is 10.1.